The van der Waals surface area contributed by atoms with Gasteiger partial charge in [0.25, 0.3) is 0 Å². The normalized spacial score (nSPS) is 12.8. The molecule has 0 heterocycles. The summed E-state index contributed by atoms with van der Waals surface area (Å²) in [7, 11) is 0. The van der Waals surface area contributed by atoms with E-state index in [9.17, 15) is 13.9 Å². The van der Waals surface area contributed by atoms with E-state index in [-0.39, 0.29) is 0 Å². The van der Waals surface area contributed by atoms with Crippen LogP contribution in [-0.2, 0) is 6.42 Å². The zero-order chi connectivity index (χ0) is 12.0. The molecule has 0 fully saturated rings. The van der Waals surface area contributed by atoms with Crippen LogP contribution in [0.15, 0.2) is 18.2 Å². The van der Waals surface area contributed by atoms with E-state index in [0.717, 1.165) is 24.3 Å². The molecular weight excluding hydrogens is 230 g/mol. The van der Waals surface area contributed by atoms with E-state index >= 15 is 0 Å². The van der Waals surface area contributed by atoms with Gasteiger partial charge in [-0.05, 0) is 36.3 Å². The molecule has 0 aliphatic rings. The zero-order valence-corrected chi connectivity index (χ0v) is 10.1. The van der Waals surface area contributed by atoms with Gasteiger partial charge in [-0.1, -0.05) is 13.0 Å². The summed E-state index contributed by atoms with van der Waals surface area (Å²) in [6.07, 6.45) is 0.942. The van der Waals surface area contributed by atoms with Gasteiger partial charge >= 0.3 is 0 Å². The second-order valence-corrected chi connectivity index (χ2v) is 4.83. The van der Waals surface area contributed by atoms with Gasteiger partial charge in [0.1, 0.15) is 0 Å². The molecule has 0 saturated carbocycles. The Labute approximate surface area is 98.9 Å². The Hall–Kier alpha value is -0.610. The van der Waals surface area contributed by atoms with Crippen LogP contribution < -0.4 is 0 Å². The average molecular weight is 246 g/mol. The van der Waals surface area contributed by atoms with Crippen molar-refractivity contribution >= 4 is 11.8 Å². The highest BCUT2D eigenvalue weighted by molar-refractivity contribution is 7.99. The molecule has 1 atom stereocenters. The summed E-state index contributed by atoms with van der Waals surface area (Å²) in [6.45, 7) is 2.08. The van der Waals surface area contributed by atoms with Gasteiger partial charge in [0.2, 0.25) is 0 Å². The highest BCUT2D eigenvalue weighted by Gasteiger charge is 2.08. The van der Waals surface area contributed by atoms with E-state index in [4.69, 9.17) is 0 Å². The zero-order valence-electron chi connectivity index (χ0n) is 9.25. The van der Waals surface area contributed by atoms with Gasteiger partial charge < -0.3 is 5.11 Å². The van der Waals surface area contributed by atoms with E-state index in [0.29, 0.717) is 17.7 Å². The first kappa shape index (κ1) is 13.5. The lowest BCUT2D eigenvalue weighted by molar-refractivity contribution is 0.200. The molecule has 1 aromatic carbocycles. The van der Waals surface area contributed by atoms with E-state index < -0.39 is 17.7 Å². The van der Waals surface area contributed by atoms with Gasteiger partial charge in [0.05, 0.1) is 6.10 Å². The molecule has 1 aromatic rings. The molecule has 16 heavy (non-hydrogen) atoms. The van der Waals surface area contributed by atoms with Gasteiger partial charge in [-0.2, -0.15) is 11.8 Å². The average Bonchev–Trinajstić information content (AvgIpc) is 2.24. The molecule has 0 amide bonds. The summed E-state index contributed by atoms with van der Waals surface area (Å²) in [5.41, 5.74) is 0.628. The summed E-state index contributed by atoms with van der Waals surface area (Å²) < 4.78 is 25.5. The van der Waals surface area contributed by atoms with Crippen molar-refractivity contribution in [2.45, 2.75) is 25.9 Å². The Morgan fingerprint density at radius 1 is 1.31 bits per heavy atom. The third-order valence-corrected chi connectivity index (χ3v) is 3.43. The van der Waals surface area contributed by atoms with E-state index in [1.807, 2.05) is 0 Å². The smallest absolute Gasteiger partial charge is 0.159 e. The number of aliphatic hydroxyl groups is 1. The predicted molar refractivity (Wildman–Crippen MR) is 63.7 cm³/mol. The standard InChI is InChI=1S/C12H16F2OS/c1-2-5-16-8-10(15)6-9-3-4-11(13)12(14)7-9/h3-4,7,10,15H,2,5-6,8H2,1H3. The molecule has 0 saturated heterocycles. The maximum atomic E-state index is 12.9. The lowest BCUT2D eigenvalue weighted by Crippen LogP contribution is -2.14. The summed E-state index contributed by atoms with van der Waals surface area (Å²) in [5.74, 6) is -0.0636. The fourth-order valence-corrected chi connectivity index (χ4v) is 2.21. The fourth-order valence-electron chi connectivity index (χ4n) is 1.36. The number of hydrogen-bond acceptors (Lipinski definition) is 2. The van der Waals surface area contributed by atoms with Crippen molar-refractivity contribution in [3.05, 3.63) is 35.4 Å². The summed E-state index contributed by atoms with van der Waals surface area (Å²) in [5, 5.41) is 9.65. The Balaban J connectivity index is 2.43. The van der Waals surface area contributed by atoms with Crippen LogP contribution in [0, 0.1) is 11.6 Å². The van der Waals surface area contributed by atoms with Gasteiger partial charge in [-0.15, -0.1) is 0 Å². The Morgan fingerprint density at radius 3 is 2.69 bits per heavy atom. The minimum absolute atomic E-state index is 0.369. The molecule has 0 spiro atoms. The molecular formula is C12H16F2OS. The lowest BCUT2D eigenvalue weighted by atomic mass is 10.1. The molecule has 4 heteroatoms. The number of aliphatic hydroxyl groups excluding tert-OH is 1. The van der Waals surface area contributed by atoms with Crippen molar-refractivity contribution in [2.24, 2.45) is 0 Å². The third-order valence-electron chi connectivity index (χ3n) is 2.11. The van der Waals surface area contributed by atoms with Crippen LogP contribution in [0.5, 0.6) is 0 Å². The van der Waals surface area contributed by atoms with Crippen LogP contribution >= 0.6 is 11.8 Å². The van der Waals surface area contributed by atoms with Crippen molar-refractivity contribution in [3.63, 3.8) is 0 Å². The van der Waals surface area contributed by atoms with Crippen molar-refractivity contribution in [1.29, 1.82) is 0 Å². The summed E-state index contributed by atoms with van der Waals surface area (Å²) in [6, 6.07) is 3.74. The van der Waals surface area contributed by atoms with Crippen LogP contribution in [0.1, 0.15) is 18.9 Å². The van der Waals surface area contributed by atoms with Crippen LogP contribution in [0.25, 0.3) is 0 Å². The Morgan fingerprint density at radius 2 is 2.06 bits per heavy atom. The highest BCUT2D eigenvalue weighted by atomic mass is 32.2. The quantitative estimate of drug-likeness (QED) is 0.779. The van der Waals surface area contributed by atoms with E-state index in [1.54, 1.807) is 11.8 Å². The van der Waals surface area contributed by atoms with E-state index in [2.05, 4.69) is 6.92 Å². The molecule has 1 unspecified atom stereocenters. The van der Waals surface area contributed by atoms with Crippen LogP contribution in [0.4, 0.5) is 8.78 Å². The molecule has 0 radical (unpaired) electrons. The van der Waals surface area contributed by atoms with Gasteiger partial charge in [0.15, 0.2) is 11.6 Å². The first-order valence-corrected chi connectivity index (χ1v) is 6.48. The van der Waals surface area contributed by atoms with Gasteiger partial charge in [0, 0.05) is 5.75 Å². The molecule has 0 bridgehead atoms. The van der Waals surface area contributed by atoms with Gasteiger partial charge in [-0.25, -0.2) is 8.78 Å². The third kappa shape index (κ3) is 4.49. The van der Waals surface area contributed by atoms with Gasteiger partial charge in [-0.3, -0.25) is 0 Å². The second kappa shape index (κ2) is 6.86. The number of halogens is 2. The minimum Gasteiger partial charge on any atom is -0.392 e. The van der Waals surface area contributed by atoms with Crippen molar-refractivity contribution in [3.8, 4) is 0 Å². The monoisotopic (exact) mass is 246 g/mol. The molecule has 1 rings (SSSR count). The molecule has 0 aliphatic heterocycles. The van der Waals surface area contributed by atoms with Crippen molar-refractivity contribution in [2.75, 3.05) is 11.5 Å². The topological polar surface area (TPSA) is 20.2 Å². The number of rotatable bonds is 6. The first-order valence-electron chi connectivity index (χ1n) is 5.33. The van der Waals surface area contributed by atoms with Crippen molar-refractivity contribution < 1.29 is 13.9 Å². The fraction of sp³-hybridized carbons (Fsp3) is 0.500. The molecule has 0 aromatic heterocycles. The summed E-state index contributed by atoms with van der Waals surface area (Å²) >= 11 is 1.67. The molecule has 0 aliphatic carbocycles. The van der Waals surface area contributed by atoms with Crippen LogP contribution in [0.2, 0.25) is 0 Å². The minimum atomic E-state index is -0.856. The highest BCUT2D eigenvalue weighted by Crippen LogP contribution is 2.13. The Kier molecular flexibility index (Phi) is 5.77. The maximum Gasteiger partial charge on any atom is 0.159 e. The number of benzene rings is 1. The van der Waals surface area contributed by atoms with Crippen LogP contribution in [-0.4, -0.2) is 22.7 Å². The lowest BCUT2D eigenvalue weighted by Gasteiger charge is -2.10. The van der Waals surface area contributed by atoms with Crippen molar-refractivity contribution in [1.82, 2.24) is 0 Å². The predicted octanol–water partition coefficient (Wildman–Crippen LogP) is 3.01. The maximum absolute atomic E-state index is 12.9. The van der Waals surface area contributed by atoms with Crippen LogP contribution in [0.3, 0.4) is 0 Å². The SMILES string of the molecule is CCCSCC(O)Cc1ccc(F)c(F)c1. The summed E-state index contributed by atoms with van der Waals surface area (Å²) in [4.78, 5) is 0. The number of thioether (sulfide) groups is 1. The molecule has 90 valence electrons. The number of hydrogen-bond donors (Lipinski definition) is 1. The first-order chi connectivity index (χ1) is 7.63. The molecule has 1 N–H and O–H groups in total. The largest absolute Gasteiger partial charge is 0.392 e. The molecule has 1 nitrogen and oxygen atoms in total. The van der Waals surface area contributed by atoms with E-state index in [1.165, 1.54) is 6.07 Å². The Bertz CT molecular complexity index is 331. The second-order valence-electron chi connectivity index (χ2n) is 3.68.